The fourth-order valence-corrected chi connectivity index (χ4v) is 1.91. The first-order chi connectivity index (χ1) is 9.60. The van der Waals surface area contributed by atoms with Crippen LogP contribution in [0.15, 0.2) is 18.2 Å². The molecule has 20 heavy (non-hydrogen) atoms. The lowest BCUT2D eigenvalue weighted by Crippen LogP contribution is -2.24. The van der Waals surface area contributed by atoms with E-state index in [-0.39, 0.29) is 12.4 Å². The van der Waals surface area contributed by atoms with Gasteiger partial charge in [-0.2, -0.15) is 8.78 Å². The Hall–Kier alpha value is -1.40. The summed E-state index contributed by atoms with van der Waals surface area (Å²) in [6.07, 6.45) is 0.706. The summed E-state index contributed by atoms with van der Waals surface area (Å²) < 4.78 is 33.9. The zero-order chi connectivity index (χ0) is 15.0. The molecule has 0 radical (unpaired) electrons. The fraction of sp³-hybridized carbons (Fsp3) is 0.571. The smallest absolute Gasteiger partial charge is 0.387 e. The number of methoxy groups -OCH3 is 1. The second kappa shape index (κ2) is 8.71. The number of ether oxygens (including phenoxy) is 2. The lowest BCUT2D eigenvalue weighted by molar-refractivity contribution is -0.0512. The minimum atomic E-state index is -2.87. The molecule has 0 amide bonds. The molecule has 1 N–H and O–H groups in total. The van der Waals surface area contributed by atoms with Gasteiger partial charge in [-0.15, -0.1) is 0 Å². The number of benzene rings is 1. The van der Waals surface area contributed by atoms with Gasteiger partial charge in [0.1, 0.15) is 0 Å². The fourth-order valence-electron chi connectivity index (χ4n) is 1.91. The van der Waals surface area contributed by atoms with Gasteiger partial charge in [0.15, 0.2) is 11.5 Å². The summed E-state index contributed by atoms with van der Waals surface area (Å²) in [5.41, 5.74) is 0.947. The van der Waals surface area contributed by atoms with Crippen LogP contribution in [-0.4, -0.2) is 43.4 Å². The van der Waals surface area contributed by atoms with Crippen LogP contribution < -0.4 is 9.47 Å². The molecule has 0 unspecified atom stereocenters. The third kappa shape index (κ3) is 5.30. The molecule has 0 saturated heterocycles. The van der Waals surface area contributed by atoms with Gasteiger partial charge in [-0.1, -0.05) is 13.0 Å². The molecule has 114 valence electrons. The maximum atomic E-state index is 12.2. The Morgan fingerprint density at radius 1 is 1.30 bits per heavy atom. The van der Waals surface area contributed by atoms with Crippen LogP contribution in [0.3, 0.4) is 0 Å². The highest BCUT2D eigenvalue weighted by atomic mass is 19.3. The van der Waals surface area contributed by atoms with Crippen molar-refractivity contribution in [2.24, 2.45) is 0 Å². The first-order valence-electron chi connectivity index (χ1n) is 6.55. The van der Waals surface area contributed by atoms with Crippen LogP contribution in [0.2, 0.25) is 0 Å². The van der Waals surface area contributed by atoms with Crippen LogP contribution in [0.1, 0.15) is 18.9 Å². The van der Waals surface area contributed by atoms with E-state index in [0.29, 0.717) is 18.7 Å². The molecule has 6 heteroatoms. The van der Waals surface area contributed by atoms with E-state index in [0.717, 1.165) is 18.7 Å². The monoisotopic (exact) mass is 289 g/mol. The number of rotatable bonds is 9. The van der Waals surface area contributed by atoms with Crippen molar-refractivity contribution >= 4 is 0 Å². The van der Waals surface area contributed by atoms with E-state index in [2.05, 4.69) is 9.64 Å². The predicted octanol–water partition coefficient (Wildman–Crippen LogP) is 2.50. The first-order valence-corrected chi connectivity index (χ1v) is 6.55. The van der Waals surface area contributed by atoms with E-state index in [9.17, 15) is 8.78 Å². The first kappa shape index (κ1) is 16.7. The highest BCUT2D eigenvalue weighted by molar-refractivity contribution is 5.43. The molecule has 1 aromatic rings. The molecule has 0 bridgehead atoms. The summed E-state index contributed by atoms with van der Waals surface area (Å²) in [7, 11) is 1.42. The van der Waals surface area contributed by atoms with E-state index < -0.39 is 6.61 Å². The maximum Gasteiger partial charge on any atom is 0.387 e. The molecule has 1 aromatic carbocycles. The number of hydrogen-bond acceptors (Lipinski definition) is 4. The van der Waals surface area contributed by atoms with Crippen molar-refractivity contribution in [2.75, 3.05) is 26.8 Å². The summed E-state index contributed by atoms with van der Waals surface area (Å²) in [5.74, 6) is 0.325. The number of hydrogen-bond donors (Lipinski definition) is 1. The highest BCUT2D eigenvalue weighted by Gasteiger charge is 2.12. The van der Waals surface area contributed by atoms with Gasteiger partial charge >= 0.3 is 6.61 Å². The third-order valence-electron chi connectivity index (χ3n) is 2.93. The molecule has 4 nitrogen and oxygen atoms in total. The van der Waals surface area contributed by atoms with E-state index in [1.54, 1.807) is 12.1 Å². The van der Waals surface area contributed by atoms with E-state index >= 15 is 0 Å². The molecule has 0 saturated carbocycles. The van der Waals surface area contributed by atoms with Gasteiger partial charge in [-0.25, -0.2) is 0 Å². The Morgan fingerprint density at radius 2 is 2.05 bits per heavy atom. The van der Waals surface area contributed by atoms with Crippen LogP contribution in [0.5, 0.6) is 11.5 Å². The summed E-state index contributed by atoms with van der Waals surface area (Å²) in [6.45, 7) is 1.61. The van der Waals surface area contributed by atoms with Crippen molar-refractivity contribution in [2.45, 2.75) is 26.5 Å². The van der Waals surface area contributed by atoms with Crippen molar-refractivity contribution < 1.29 is 23.4 Å². The summed E-state index contributed by atoms with van der Waals surface area (Å²) in [5, 5.41) is 8.84. The van der Waals surface area contributed by atoms with Gasteiger partial charge in [0.2, 0.25) is 0 Å². The second-order valence-corrected chi connectivity index (χ2v) is 4.31. The Morgan fingerprint density at radius 3 is 2.60 bits per heavy atom. The molecular weight excluding hydrogens is 268 g/mol. The van der Waals surface area contributed by atoms with Crippen LogP contribution >= 0.6 is 0 Å². The van der Waals surface area contributed by atoms with Gasteiger partial charge in [-0.3, -0.25) is 4.90 Å². The van der Waals surface area contributed by atoms with Crippen LogP contribution in [0.4, 0.5) is 8.78 Å². The van der Waals surface area contributed by atoms with E-state index in [1.807, 2.05) is 6.92 Å². The second-order valence-electron chi connectivity index (χ2n) is 4.31. The SMILES string of the molecule is CCN(CCCO)Cc1ccc(OC(F)F)c(OC)c1. The minimum Gasteiger partial charge on any atom is -0.493 e. The number of nitrogens with zero attached hydrogens (tertiary/aromatic N) is 1. The van der Waals surface area contributed by atoms with Crippen LogP contribution in [-0.2, 0) is 6.54 Å². The lowest BCUT2D eigenvalue weighted by atomic mass is 10.2. The molecule has 0 heterocycles. The molecule has 0 spiro atoms. The molecule has 0 aliphatic rings. The highest BCUT2D eigenvalue weighted by Crippen LogP contribution is 2.29. The van der Waals surface area contributed by atoms with Crippen molar-refractivity contribution in [1.82, 2.24) is 4.90 Å². The average molecular weight is 289 g/mol. The van der Waals surface area contributed by atoms with Gasteiger partial charge in [-0.05, 0) is 30.7 Å². The van der Waals surface area contributed by atoms with Gasteiger partial charge < -0.3 is 14.6 Å². The molecule has 1 rings (SSSR count). The van der Waals surface area contributed by atoms with Crippen molar-refractivity contribution in [3.63, 3.8) is 0 Å². The summed E-state index contributed by atoms with van der Waals surface area (Å²) >= 11 is 0. The van der Waals surface area contributed by atoms with E-state index in [1.165, 1.54) is 13.2 Å². The lowest BCUT2D eigenvalue weighted by Gasteiger charge is -2.20. The normalized spacial score (nSPS) is 11.2. The van der Waals surface area contributed by atoms with Gasteiger partial charge in [0, 0.05) is 19.7 Å². The molecule has 0 atom stereocenters. The Labute approximate surface area is 117 Å². The summed E-state index contributed by atoms with van der Waals surface area (Å²) in [6, 6.07) is 4.92. The summed E-state index contributed by atoms with van der Waals surface area (Å²) in [4.78, 5) is 2.15. The Balaban J connectivity index is 2.75. The quantitative estimate of drug-likeness (QED) is 0.758. The largest absolute Gasteiger partial charge is 0.493 e. The molecule has 0 aliphatic heterocycles. The van der Waals surface area contributed by atoms with Crippen molar-refractivity contribution in [1.29, 1.82) is 0 Å². The van der Waals surface area contributed by atoms with Gasteiger partial charge in [0.05, 0.1) is 7.11 Å². The minimum absolute atomic E-state index is 0.0321. The number of halogens is 2. The number of alkyl halides is 2. The zero-order valence-corrected chi connectivity index (χ0v) is 11.8. The van der Waals surface area contributed by atoms with Crippen molar-refractivity contribution in [3.8, 4) is 11.5 Å². The van der Waals surface area contributed by atoms with Gasteiger partial charge in [0.25, 0.3) is 0 Å². The van der Waals surface area contributed by atoms with E-state index in [4.69, 9.17) is 9.84 Å². The molecule has 0 aliphatic carbocycles. The molecular formula is C14H21F2NO3. The van der Waals surface area contributed by atoms with Crippen LogP contribution in [0, 0.1) is 0 Å². The zero-order valence-electron chi connectivity index (χ0n) is 11.8. The topological polar surface area (TPSA) is 41.9 Å². The standard InChI is InChI=1S/C14H21F2NO3/c1-3-17(7-4-8-18)10-11-5-6-12(20-14(15)16)13(9-11)19-2/h5-6,9,14,18H,3-4,7-8,10H2,1-2H3. The Kier molecular flexibility index (Phi) is 7.25. The molecule has 0 fully saturated rings. The van der Waals surface area contributed by atoms with Crippen molar-refractivity contribution in [3.05, 3.63) is 23.8 Å². The Bertz CT molecular complexity index is 402. The third-order valence-corrected chi connectivity index (χ3v) is 2.93. The predicted molar refractivity (Wildman–Crippen MR) is 72.3 cm³/mol. The number of aliphatic hydroxyl groups excluding tert-OH is 1. The average Bonchev–Trinajstić information content (AvgIpc) is 2.44. The van der Waals surface area contributed by atoms with Crippen LogP contribution in [0.25, 0.3) is 0 Å². The molecule has 0 aromatic heterocycles. The maximum absolute atomic E-state index is 12.2. The number of aliphatic hydroxyl groups is 1.